The number of benzene rings is 2. The largest absolute Gasteiger partial charge is 0.493 e. The summed E-state index contributed by atoms with van der Waals surface area (Å²) in [4.78, 5) is 16.1. The van der Waals surface area contributed by atoms with Crippen molar-refractivity contribution in [1.29, 1.82) is 0 Å². The fraction of sp³-hybridized carbons (Fsp3) is 0.417. The highest BCUT2D eigenvalue weighted by Crippen LogP contribution is 2.27. The van der Waals surface area contributed by atoms with Crippen molar-refractivity contribution in [2.45, 2.75) is 39.3 Å². The summed E-state index contributed by atoms with van der Waals surface area (Å²) < 4.78 is 15.9. The van der Waals surface area contributed by atoms with Crippen LogP contribution >= 0.6 is 24.0 Å². The van der Waals surface area contributed by atoms with Gasteiger partial charge in [0.25, 0.3) is 0 Å². The van der Waals surface area contributed by atoms with Crippen LogP contribution in [0.15, 0.2) is 47.5 Å². The van der Waals surface area contributed by atoms with Gasteiger partial charge >= 0.3 is 6.09 Å². The molecule has 0 atom stereocenters. The predicted octanol–water partition coefficient (Wildman–Crippen LogP) is 4.58. The molecule has 0 saturated heterocycles. The van der Waals surface area contributed by atoms with Gasteiger partial charge in [-0.05, 0) is 62.6 Å². The zero-order valence-electron chi connectivity index (χ0n) is 20.2. The summed E-state index contributed by atoms with van der Waals surface area (Å²) in [5.41, 5.74) is 2.37. The Morgan fingerprint density at radius 2 is 1.58 bits per heavy atom. The average Bonchev–Trinajstić information content (AvgIpc) is 2.75. The summed E-state index contributed by atoms with van der Waals surface area (Å²) in [5, 5.41) is 9.33. The zero-order chi connectivity index (χ0) is 23.6. The molecule has 2 aromatic carbocycles. The second kappa shape index (κ2) is 13.8. The van der Waals surface area contributed by atoms with E-state index < -0.39 is 11.7 Å². The average molecular weight is 570 g/mol. The molecule has 3 N–H and O–H groups in total. The van der Waals surface area contributed by atoms with E-state index in [2.05, 4.69) is 20.9 Å². The van der Waals surface area contributed by atoms with E-state index in [0.29, 0.717) is 36.2 Å². The van der Waals surface area contributed by atoms with Gasteiger partial charge in [0, 0.05) is 25.8 Å². The molecular weight excluding hydrogens is 535 g/mol. The first-order chi connectivity index (χ1) is 15.2. The molecule has 0 bridgehead atoms. The van der Waals surface area contributed by atoms with Crippen LogP contribution in [0.5, 0.6) is 11.5 Å². The number of rotatable bonds is 8. The van der Waals surface area contributed by atoms with Crippen molar-refractivity contribution in [3.63, 3.8) is 0 Å². The minimum absolute atomic E-state index is 0. The third-order valence-corrected chi connectivity index (χ3v) is 4.44. The number of carbonyl (C=O) groups is 1. The van der Waals surface area contributed by atoms with Crippen LogP contribution in [0.1, 0.15) is 31.9 Å². The Hall–Kier alpha value is -2.69. The molecule has 0 spiro atoms. The molecule has 0 aliphatic carbocycles. The molecule has 0 unspecified atom stereocenters. The normalized spacial score (nSPS) is 11.2. The lowest BCUT2D eigenvalue weighted by Crippen LogP contribution is -2.37. The van der Waals surface area contributed by atoms with Crippen molar-refractivity contribution in [2.24, 2.45) is 4.99 Å². The molecule has 0 aliphatic rings. The van der Waals surface area contributed by atoms with Crippen LogP contribution in [0.3, 0.4) is 0 Å². The molecule has 0 heterocycles. The van der Waals surface area contributed by atoms with Gasteiger partial charge in [0.1, 0.15) is 5.60 Å². The Morgan fingerprint density at radius 3 is 2.15 bits per heavy atom. The Kier molecular flexibility index (Phi) is 11.8. The van der Waals surface area contributed by atoms with Crippen LogP contribution in [-0.2, 0) is 17.7 Å². The van der Waals surface area contributed by atoms with Gasteiger partial charge < -0.3 is 24.8 Å². The summed E-state index contributed by atoms with van der Waals surface area (Å²) >= 11 is 0. The summed E-state index contributed by atoms with van der Waals surface area (Å²) in [6.45, 7) is 6.81. The first kappa shape index (κ1) is 28.3. The quantitative estimate of drug-likeness (QED) is 0.245. The van der Waals surface area contributed by atoms with Gasteiger partial charge in [0.2, 0.25) is 0 Å². The number of methoxy groups -OCH3 is 2. The van der Waals surface area contributed by atoms with E-state index in [9.17, 15) is 4.79 Å². The number of nitrogens with one attached hydrogen (secondary N) is 3. The lowest BCUT2D eigenvalue weighted by atomic mass is 10.1. The van der Waals surface area contributed by atoms with E-state index in [1.165, 1.54) is 0 Å². The zero-order valence-corrected chi connectivity index (χ0v) is 22.5. The van der Waals surface area contributed by atoms with E-state index in [0.717, 1.165) is 17.5 Å². The Balaban J connectivity index is 0.00000544. The van der Waals surface area contributed by atoms with E-state index in [1.54, 1.807) is 21.3 Å². The lowest BCUT2D eigenvalue weighted by molar-refractivity contribution is 0.0636. The van der Waals surface area contributed by atoms with E-state index in [4.69, 9.17) is 14.2 Å². The van der Waals surface area contributed by atoms with Crippen molar-refractivity contribution in [3.8, 4) is 11.5 Å². The highest BCUT2D eigenvalue weighted by atomic mass is 127. The first-order valence-electron chi connectivity index (χ1n) is 10.5. The van der Waals surface area contributed by atoms with Gasteiger partial charge in [-0.2, -0.15) is 0 Å². The van der Waals surface area contributed by atoms with Gasteiger partial charge in [-0.25, -0.2) is 4.79 Å². The summed E-state index contributed by atoms with van der Waals surface area (Å²) in [6, 6.07) is 13.5. The number of carbonyl (C=O) groups excluding carboxylic acids is 1. The predicted molar refractivity (Wildman–Crippen MR) is 143 cm³/mol. The van der Waals surface area contributed by atoms with Gasteiger partial charge in [-0.15, -0.1) is 24.0 Å². The topological polar surface area (TPSA) is 93.2 Å². The minimum Gasteiger partial charge on any atom is -0.493 e. The number of aliphatic imine (C=N–C) groups is 1. The Labute approximate surface area is 213 Å². The summed E-state index contributed by atoms with van der Waals surface area (Å²) in [6.07, 6.45) is 0.348. The van der Waals surface area contributed by atoms with Crippen LogP contribution in [-0.4, -0.2) is 45.5 Å². The molecule has 2 aromatic rings. The Bertz CT molecular complexity index is 912. The number of anilines is 1. The van der Waals surface area contributed by atoms with Crippen LogP contribution < -0.4 is 25.4 Å². The standard InChI is InChI=1S/C24H34N4O4.HI/c1-24(2,3)32-23(29)28-19-10-7-17(8-11-19)13-14-26-22(25-4)27-16-18-9-12-20(30-5)21(15-18)31-6;/h7-12,15H,13-14,16H2,1-6H3,(H,28,29)(H2,25,26,27);1H. The second-order valence-electron chi connectivity index (χ2n) is 8.12. The van der Waals surface area contributed by atoms with E-state index in [1.807, 2.05) is 63.2 Å². The summed E-state index contributed by atoms with van der Waals surface area (Å²) in [5.74, 6) is 2.11. The fourth-order valence-electron chi connectivity index (χ4n) is 2.90. The van der Waals surface area contributed by atoms with Crippen molar-refractivity contribution >= 4 is 41.7 Å². The molecule has 0 saturated carbocycles. The molecular formula is C24H35IN4O4. The number of ether oxygens (including phenoxy) is 3. The number of nitrogens with zero attached hydrogens (tertiary/aromatic N) is 1. The molecule has 33 heavy (non-hydrogen) atoms. The van der Waals surface area contributed by atoms with E-state index >= 15 is 0 Å². The maximum Gasteiger partial charge on any atom is 0.412 e. The Morgan fingerprint density at radius 1 is 0.939 bits per heavy atom. The smallest absolute Gasteiger partial charge is 0.412 e. The van der Waals surface area contributed by atoms with Crippen molar-refractivity contribution in [3.05, 3.63) is 53.6 Å². The van der Waals surface area contributed by atoms with Crippen molar-refractivity contribution < 1.29 is 19.0 Å². The third kappa shape index (κ3) is 10.2. The molecule has 8 nitrogen and oxygen atoms in total. The van der Waals surface area contributed by atoms with Crippen molar-refractivity contribution in [1.82, 2.24) is 10.6 Å². The van der Waals surface area contributed by atoms with Crippen LogP contribution in [0.25, 0.3) is 0 Å². The SMILES string of the molecule is CN=C(NCCc1ccc(NC(=O)OC(C)(C)C)cc1)NCc1ccc(OC)c(OC)c1.I. The maximum atomic E-state index is 11.8. The number of halogens is 1. The van der Waals surface area contributed by atoms with Crippen LogP contribution in [0, 0.1) is 0 Å². The first-order valence-corrected chi connectivity index (χ1v) is 10.5. The number of hydrogen-bond donors (Lipinski definition) is 3. The molecule has 0 fully saturated rings. The maximum absolute atomic E-state index is 11.8. The van der Waals surface area contributed by atoms with Gasteiger partial charge in [-0.1, -0.05) is 18.2 Å². The van der Waals surface area contributed by atoms with Crippen LogP contribution in [0.4, 0.5) is 10.5 Å². The minimum atomic E-state index is -0.526. The fourth-order valence-corrected chi connectivity index (χ4v) is 2.90. The van der Waals surface area contributed by atoms with E-state index in [-0.39, 0.29) is 24.0 Å². The molecule has 9 heteroatoms. The van der Waals surface area contributed by atoms with Crippen LogP contribution in [0.2, 0.25) is 0 Å². The van der Waals surface area contributed by atoms with Gasteiger partial charge in [0.15, 0.2) is 17.5 Å². The number of amides is 1. The molecule has 0 aliphatic heterocycles. The lowest BCUT2D eigenvalue weighted by Gasteiger charge is -2.19. The highest BCUT2D eigenvalue weighted by Gasteiger charge is 2.16. The molecule has 0 radical (unpaired) electrons. The summed E-state index contributed by atoms with van der Waals surface area (Å²) in [7, 11) is 4.98. The number of guanidine groups is 1. The van der Waals surface area contributed by atoms with Crippen molar-refractivity contribution in [2.75, 3.05) is 33.1 Å². The molecule has 2 rings (SSSR count). The molecule has 1 amide bonds. The molecule has 0 aromatic heterocycles. The monoisotopic (exact) mass is 570 g/mol. The van der Waals surface area contributed by atoms with Gasteiger partial charge in [-0.3, -0.25) is 10.3 Å². The van der Waals surface area contributed by atoms with Gasteiger partial charge in [0.05, 0.1) is 14.2 Å². The highest BCUT2D eigenvalue weighted by molar-refractivity contribution is 14.0. The third-order valence-electron chi connectivity index (χ3n) is 4.44. The number of hydrogen-bond acceptors (Lipinski definition) is 5. The second-order valence-corrected chi connectivity index (χ2v) is 8.12. The molecule has 182 valence electrons.